The van der Waals surface area contributed by atoms with E-state index in [-0.39, 0.29) is 5.82 Å². The van der Waals surface area contributed by atoms with Gasteiger partial charge in [0.05, 0.1) is 16.4 Å². The van der Waals surface area contributed by atoms with E-state index < -0.39 is 0 Å². The van der Waals surface area contributed by atoms with E-state index in [0.29, 0.717) is 22.9 Å². The lowest BCUT2D eigenvalue weighted by Gasteiger charge is -2.07. The molecule has 0 radical (unpaired) electrons. The molecule has 0 bridgehead atoms. The van der Waals surface area contributed by atoms with Crippen LogP contribution in [-0.4, -0.2) is 15.0 Å². The van der Waals surface area contributed by atoms with E-state index in [4.69, 9.17) is 17.3 Å². The Hall–Kier alpha value is -1.62. The maximum Gasteiger partial charge on any atom is 0.169 e. The van der Waals surface area contributed by atoms with Crippen molar-refractivity contribution >= 4 is 17.4 Å². The van der Waals surface area contributed by atoms with Crippen molar-refractivity contribution < 1.29 is 4.39 Å². The molecular formula is C11H12ClFN4. The van der Waals surface area contributed by atoms with E-state index in [1.165, 1.54) is 22.9 Å². The Morgan fingerprint density at radius 1 is 1.47 bits per heavy atom. The first-order valence-electron chi connectivity index (χ1n) is 5.29. The number of nitrogen functional groups attached to an aromatic ring is 1. The fourth-order valence-electron chi connectivity index (χ4n) is 1.63. The van der Waals surface area contributed by atoms with Gasteiger partial charge in [0, 0.05) is 6.07 Å². The van der Waals surface area contributed by atoms with Gasteiger partial charge in [0.1, 0.15) is 5.82 Å². The van der Waals surface area contributed by atoms with Crippen molar-refractivity contribution in [1.29, 1.82) is 0 Å². The van der Waals surface area contributed by atoms with Crippen LogP contribution in [0, 0.1) is 5.82 Å². The molecule has 6 heteroatoms. The van der Waals surface area contributed by atoms with Gasteiger partial charge < -0.3 is 5.73 Å². The standard InChI is InChI=1S/C11H12ClFN4/c1-2-3-9-11(14)15-16-17(9)10-6-7(13)4-5-8(10)12/h4-6H,2-3,14H2,1H3. The second-order valence-electron chi connectivity index (χ2n) is 3.68. The van der Waals surface area contributed by atoms with Gasteiger partial charge in [0.25, 0.3) is 0 Å². The molecule has 0 aliphatic rings. The van der Waals surface area contributed by atoms with E-state index in [2.05, 4.69) is 10.3 Å². The first kappa shape index (κ1) is 11.9. The van der Waals surface area contributed by atoms with Crippen molar-refractivity contribution in [2.24, 2.45) is 0 Å². The van der Waals surface area contributed by atoms with Crippen molar-refractivity contribution in [2.45, 2.75) is 19.8 Å². The Morgan fingerprint density at radius 2 is 2.24 bits per heavy atom. The summed E-state index contributed by atoms with van der Waals surface area (Å²) in [7, 11) is 0. The highest BCUT2D eigenvalue weighted by Gasteiger charge is 2.13. The van der Waals surface area contributed by atoms with Gasteiger partial charge in [-0.25, -0.2) is 9.07 Å². The third kappa shape index (κ3) is 2.24. The number of aromatic nitrogens is 3. The molecule has 0 saturated heterocycles. The van der Waals surface area contributed by atoms with E-state index >= 15 is 0 Å². The number of hydrogen-bond donors (Lipinski definition) is 1. The van der Waals surface area contributed by atoms with Gasteiger partial charge in [0.15, 0.2) is 5.82 Å². The van der Waals surface area contributed by atoms with Crippen LogP contribution in [0.1, 0.15) is 19.0 Å². The molecule has 0 aliphatic carbocycles. The minimum Gasteiger partial charge on any atom is -0.381 e. The average Bonchev–Trinajstić information content (AvgIpc) is 2.65. The van der Waals surface area contributed by atoms with Gasteiger partial charge in [-0.3, -0.25) is 0 Å². The summed E-state index contributed by atoms with van der Waals surface area (Å²) in [6.45, 7) is 2.02. The molecule has 2 rings (SSSR count). The zero-order chi connectivity index (χ0) is 12.4. The molecule has 2 aromatic rings. The van der Waals surface area contributed by atoms with Gasteiger partial charge >= 0.3 is 0 Å². The minimum absolute atomic E-state index is 0.354. The topological polar surface area (TPSA) is 56.7 Å². The number of rotatable bonds is 3. The number of halogens is 2. The molecule has 1 aromatic heterocycles. The van der Waals surface area contributed by atoms with Gasteiger partial charge in [-0.05, 0) is 18.6 Å². The molecule has 0 amide bonds. The van der Waals surface area contributed by atoms with Crippen LogP contribution in [0.15, 0.2) is 18.2 Å². The molecule has 2 N–H and O–H groups in total. The molecule has 1 heterocycles. The highest BCUT2D eigenvalue weighted by molar-refractivity contribution is 6.32. The molecule has 0 aliphatic heterocycles. The van der Waals surface area contributed by atoms with Crippen LogP contribution in [0.3, 0.4) is 0 Å². The Kier molecular flexibility index (Phi) is 3.28. The maximum atomic E-state index is 13.2. The van der Waals surface area contributed by atoms with Crippen molar-refractivity contribution in [3.8, 4) is 5.69 Å². The molecule has 4 nitrogen and oxygen atoms in total. The molecule has 0 saturated carbocycles. The molecule has 0 atom stereocenters. The van der Waals surface area contributed by atoms with Crippen LogP contribution in [-0.2, 0) is 6.42 Å². The maximum absolute atomic E-state index is 13.2. The van der Waals surface area contributed by atoms with Crippen molar-refractivity contribution in [3.05, 3.63) is 34.7 Å². The third-order valence-electron chi connectivity index (χ3n) is 2.42. The molecule has 90 valence electrons. The predicted molar refractivity (Wildman–Crippen MR) is 64.7 cm³/mol. The fraction of sp³-hybridized carbons (Fsp3) is 0.273. The lowest BCUT2D eigenvalue weighted by atomic mass is 10.2. The molecule has 1 aromatic carbocycles. The Bertz CT molecular complexity index is 538. The van der Waals surface area contributed by atoms with Crippen LogP contribution in [0.2, 0.25) is 5.02 Å². The first-order chi connectivity index (χ1) is 8.13. The number of anilines is 1. The van der Waals surface area contributed by atoms with Crippen molar-refractivity contribution in [1.82, 2.24) is 15.0 Å². The Balaban J connectivity index is 2.56. The van der Waals surface area contributed by atoms with Crippen molar-refractivity contribution in [2.75, 3.05) is 5.73 Å². The summed E-state index contributed by atoms with van der Waals surface area (Å²) in [6.07, 6.45) is 1.61. The van der Waals surface area contributed by atoms with Crippen LogP contribution in [0.25, 0.3) is 5.69 Å². The predicted octanol–water partition coefficient (Wildman–Crippen LogP) is 2.59. The van der Waals surface area contributed by atoms with Gasteiger partial charge in [-0.1, -0.05) is 30.2 Å². The lowest BCUT2D eigenvalue weighted by molar-refractivity contribution is 0.623. The highest BCUT2D eigenvalue weighted by Crippen LogP contribution is 2.24. The zero-order valence-electron chi connectivity index (χ0n) is 9.32. The minimum atomic E-state index is -0.374. The summed E-state index contributed by atoms with van der Waals surface area (Å²) in [5.41, 5.74) is 6.93. The van der Waals surface area contributed by atoms with E-state index in [1.54, 1.807) is 0 Å². The second-order valence-corrected chi connectivity index (χ2v) is 4.09. The average molecular weight is 255 g/mol. The number of nitrogens with zero attached hydrogens (tertiary/aromatic N) is 3. The fourth-order valence-corrected chi connectivity index (χ4v) is 1.82. The lowest BCUT2D eigenvalue weighted by Crippen LogP contribution is -2.04. The van der Waals surface area contributed by atoms with Gasteiger partial charge in [-0.15, -0.1) is 5.10 Å². The normalized spacial score (nSPS) is 10.8. The summed E-state index contributed by atoms with van der Waals surface area (Å²) in [5, 5.41) is 8.10. The van der Waals surface area contributed by atoms with Crippen molar-refractivity contribution in [3.63, 3.8) is 0 Å². The summed E-state index contributed by atoms with van der Waals surface area (Å²) in [5.74, 6) is -0.0203. The van der Waals surface area contributed by atoms with Crippen LogP contribution < -0.4 is 5.73 Å². The Morgan fingerprint density at radius 3 is 2.94 bits per heavy atom. The highest BCUT2D eigenvalue weighted by atomic mass is 35.5. The summed E-state index contributed by atoms with van der Waals surface area (Å²) >= 11 is 6.02. The zero-order valence-corrected chi connectivity index (χ0v) is 10.1. The summed E-state index contributed by atoms with van der Waals surface area (Å²) in [4.78, 5) is 0. The van der Waals surface area contributed by atoms with Crippen LogP contribution in [0.5, 0.6) is 0 Å². The van der Waals surface area contributed by atoms with Gasteiger partial charge in [0.2, 0.25) is 0 Å². The number of benzene rings is 1. The largest absolute Gasteiger partial charge is 0.381 e. The molecule has 0 spiro atoms. The Labute approximate surface area is 103 Å². The van der Waals surface area contributed by atoms with E-state index in [0.717, 1.165) is 12.1 Å². The molecular weight excluding hydrogens is 243 g/mol. The number of hydrogen-bond acceptors (Lipinski definition) is 3. The van der Waals surface area contributed by atoms with Crippen LogP contribution >= 0.6 is 11.6 Å². The second kappa shape index (κ2) is 4.71. The smallest absolute Gasteiger partial charge is 0.169 e. The summed E-state index contributed by atoms with van der Waals surface area (Å²) in [6, 6.07) is 4.10. The number of nitrogens with two attached hydrogens (primary N) is 1. The van der Waals surface area contributed by atoms with E-state index in [9.17, 15) is 4.39 Å². The van der Waals surface area contributed by atoms with E-state index in [1.807, 2.05) is 6.92 Å². The monoisotopic (exact) mass is 254 g/mol. The quantitative estimate of drug-likeness (QED) is 0.916. The first-order valence-corrected chi connectivity index (χ1v) is 5.66. The summed E-state index contributed by atoms with van der Waals surface area (Å²) < 4.78 is 14.7. The SMILES string of the molecule is CCCc1c(N)nnn1-c1cc(F)ccc1Cl. The third-order valence-corrected chi connectivity index (χ3v) is 2.74. The molecule has 0 fully saturated rings. The molecule has 17 heavy (non-hydrogen) atoms. The van der Waals surface area contributed by atoms with Crippen LogP contribution in [0.4, 0.5) is 10.2 Å². The molecule has 0 unspecified atom stereocenters. The van der Waals surface area contributed by atoms with Gasteiger partial charge in [-0.2, -0.15) is 0 Å².